The molecule has 0 amide bonds. The van der Waals surface area contributed by atoms with Crippen molar-refractivity contribution in [3.63, 3.8) is 0 Å². The van der Waals surface area contributed by atoms with Gasteiger partial charge in [-0.05, 0) is 87.5 Å². The minimum atomic E-state index is -1.84. The molecule has 14 heteroatoms. The Kier molecular flexibility index (Phi) is 15.4. The van der Waals surface area contributed by atoms with Gasteiger partial charge in [-0.15, -0.1) is 0 Å². The molecule has 5 saturated heterocycles. The van der Waals surface area contributed by atoms with Crippen molar-refractivity contribution >= 4 is 5.97 Å². The normalized spacial score (nSPS) is 48.9. The summed E-state index contributed by atoms with van der Waals surface area (Å²) in [6, 6.07) is 0. The molecule has 6 fully saturated rings. The quantitative estimate of drug-likeness (QED) is 0.192. The number of carbonyl (C=O) groups excluding carboxylic acids is 1. The lowest BCUT2D eigenvalue weighted by atomic mass is 9.71. The highest BCUT2D eigenvalue weighted by Gasteiger charge is 2.60. The molecule has 65 heavy (non-hydrogen) atoms. The highest BCUT2D eigenvalue weighted by Crippen LogP contribution is 2.50. The average molecular weight is 913 g/mol. The van der Waals surface area contributed by atoms with Crippen molar-refractivity contribution in [1.29, 1.82) is 0 Å². The van der Waals surface area contributed by atoms with E-state index in [4.69, 9.17) is 47.4 Å². The molecule has 8 aliphatic rings. The number of rotatable bonds is 7. The maximum absolute atomic E-state index is 14.5. The predicted octanol–water partition coefficient (Wildman–Crippen LogP) is 6.30. The lowest BCUT2D eigenvalue weighted by Crippen LogP contribution is -2.59. The van der Waals surface area contributed by atoms with Gasteiger partial charge in [0.2, 0.25) is 0 Å². The van der Waals surface area contributed by atoms with Crippen LogP contribution in [0, 0.1) is 23.7 Å². The number of carbonyl (C=O) groups is 1. The zero-order valence-electron chi connectivity index (χ0n) is 39.8. The van der Waals surface area contributed by atoms with Crippen LogP contribution in [0.25, 0.3) is 0 Å². The van der Waals surface area contributed by atoms with Crippen molar-refractivity contribution in [3.05, 3.63) is 59.3 Å². The van der Waals surface area contributed by atoms with Crippen LogP contribution in [0.3, 0.4) is 0 Å². The van der Waals surface area contributed by atoms with Crippen LogP contribution in [0.15, 0.2) is 59.3 Å². The summed E-state index contributed by atoms with van der Waals surface area (Å²) in [5.74, 6) is -2.35. The minimum Gasteiger partial charge on any atom is -0.462 e. The average Bonchev–Trinajstić information content (AvgIpc) is 3.62. The van der Waals surface area contributed by atoms with Gasteiger partial charge in [0.15, 0.2) is 18.4 Å². The Hall–Kier alpha value is -2.31. The molecule has 1 spiro atoms. The predicted molar refractivity (Wildman–Crippen MR) is 239 cm³/mol. The van der Waals surface area contributed by atoms with E-state index in [1.165, 1.54) is 19.3 Å². The Morgan fingerprint density at radius 3 is 2.31 bits per heavy atom. The van der Waals surface area contributed by atoms with E-state index in [0.717, 1.165) is 30.4 Å². The van der Waals surface area contributed by atoms with E-state index >= 15 is 0 Å². The van der Waals surface area contributed by atoms with Gasteiger partial charge in [-0.3, -0.25) is 4.79 Å². The number of esters is 1. The van der Waals surface area contributed by atoms with Crippen molar-refractivity contribution < 1.29 is 67.5 Å². The van der Waals surface area contributed by atoms with Crippen LogP contribution in [0.1, 0.15) is 112 Å². The van der Waals surface area contributed by atoms with Crippen molar-refractivity contribution in [2.75, 3.05) is 20.8 Å². The summed E-state index contributed by atoms with van der Waals surface area (Å²) in [7, 11) is 3.23. The number of hydrogen-bond donors (Lipinski definition) is 3. The zero-order chi connectivity index (χ0) is 46.4. The van der Waals surface area contributed by atoms with Gasteiger partial charge in [0.25, 0.3) is 0 Å². The molecule has 0 aromatic heterocycles. The molecular formula is C51H76O14. The number of aliphatic hydroxyl groups is 3. The molecule has 2 bridgehead atoms. The fourth-order valence-electron chi connectivity index (χ4n) is 12.1. The number of methoxy groups -OCH3 is 2. The summed E-state index contributed by atoms with van der Waals surface area (Å²) in [6.07, 6.45) is 10.2. The summed E-state index contributed by atoms with van der Waals surface area (Å²) in [5, 5.41) is 34.4. The first-order valence-electron chi connectivity index (χ1n) is 24.4. The SMILES string of the molecule is C=C1CC(C)C(C2CCCCC2)OC12CC1CC(C/C=C(/C)C(OC3CC(OC)C(OC4CC(OC)C(O)C(C)O4)C(C)O3)C(C)/C=C\C=C3\COC4C(O)C(C)=CC(C(=O)O1)C34O)O2. The van der Waals surface area contributed by atoms with Crippen LogP contribution in [0.5, 0.6) is 0 Å². The first-order chi connectivity index (χ1) is 31.0. The van der Waals surface area contributed by atoms with Gasteiger partial charge < -0.3 is 62.7 Å². The highest BCUT2D eigenvalue weighted by atomic mass is 16.7. The maximum atomic E-state index is 14.5. The molecular weight excluding hydrogens is 837 g/mol. The molecule has 14 nitrogen and oxygen atoms in total. The van der Waals surface area contributed by atoms with Crippen LogP contribution in [-0.2, 0) is 52.2 Å². The zero-order valence-corrected chi connectivity index (χ0v) is 39.8. The van der Waals surface area contributed by atoms with E-state index in [1.54, 1.807) is 40.2 Å². The van der Waals surface area contributed by atoms with Crippen molar-refractivity contribution in [2.45, 2.75) is 209 Å². The Morgan fingerprint density at radius 2 is 1.57 bits per heavy atom. The Balaban J connectivity index is 1.09. The van der Waals surface area contributed by atoms with E-state index in [2.05, 4.69) is 33.4 Å². The monoisotopic (exact) mass is 913 g/mol. The molecule has 8 rings (SSSR count). The fourth-order valence-corrected chi connectivity index (χ4v) is 12.1. The largest absolute Gasteiger partial charge is 0.462 e. The molecule has 0 radical (unpaired) electrons. The summed E-state index contributed by atoms with van der Waals surface area (Å²) in [5.41, 5.74) is 0.990. The molecule has 0 aromatic rings. The van der Waals surface area contributed by atoms with E-state index in [9.17, 15) is 20.1 Å². The molecule has 2 aliphatic carbocycles. The summed E-state index contributed by atoms with van der Waals surface area (Å²) < 4.78 is 64.4. The van der Waals surface area contributed by atoms with Gasteiger partial charge in [0, 0.05) is 45.8 Å². The fraction of sp³-hybridized carbons (Fsp3) is 0.784. The molecule has 3 N–H and O–H groups in total. The second-order valence-electron chi connectivity index (χ2n) is 20.5. The number of aliphatic hydroxyl groups excluding tert-OH is 2. The molecule has 364 valence electrons. The summed E-state index contributed by atoms with van der Waals surface area (Å²) in [6.45, 7) is 16.4. The first-order valence-corrected chi connectivity index (χ1v) is 24.4. The van der Waals surface area contributed by atoms with Crippen LogP contribution in [-0.4, -0.2) is 139 Å². The third-order valence-corrected chi connectivity index (χ3v) is 15.9. The first kappa shape index (κ1) is 49.1. The highest BCUT2D eigenvalue weighted by molar-refractivity contribution is 5.78. The maximum Gasteiger partial charge on any atom is 0.316 e. The van der Waals surface area contributed by atoms with Gasteiger partial charge in [-0.1, -0.05) is 70.1 Å². The molecule has 19 unspecified atom stereocenters. The van der Waals surface area contributed by atoms with Crippen molar-refractivity contribution in [3.8, 4) is 0 Å². The van der Waals surface area contributed by atoms with Crippen molar-refractivity contribution in [2.24, 2.45) is 23.7 Å². The molecule has 19 atom stereocenters. The smallest absolute Gasteiger partial charge is 0.316 e. The molecule has 0 aromatic carbocycles. The second kappa shape index (κ2) is 20.3. The van der Waals surface area contributed by atoms with E-state index in [-0.39, 0.29) is 30.7 Å². The molecule has 1 saturated carbocycles. The van der Waals surface area contributed by atoms with Gasteiger partial charge in [-0.2, -0.15) is 0 Å². The lowest BCUT2D eigenvalue weighted by Gasteiger charge is -2.52. The third-order valence-electron chi connectivity index (χ3n) is 15.9. The molecule has 6 heterocycles. The molecule has 6 aliphatic heterocycles. The van der Waals surface area contributed by atoms with Gasteiger partial charge >= 0.3 is 5.97 Å². The van der Waals surface area contributed by atoms with E-state index in [0.29, 0.717) is 49.2 Å². The second-order valence-corrected chi connectivity index (χ2v) is 20.5. The van der Waals surface area contributed by atoms with Crippen LogP contribution < -0.4 is 0 Å². The summed E-state index contributed by atoms with van der Waals surface area (Å²) >= 11 is 0. The number of fused-ring (bicyclic) bond motifs is 2. The summed E-state index contributed by atoms with van der Waals surface area (Å²) in [4.78, 5) is 14.5. The van der Waals surface area contributed by atoms with Crippen LogP contribution in [0.2, 0.25) is 0 Å². The Morgan fingerprint density at radius 1 is 0.862 bits per heavy atom. The topological polar surface area (TPSA) is 170 Å². The standard InChI is InChI=1S/C51H76O14/c1-27-14-13-17-35-26-58-48-43(52)29(3)21-38(51(35,48)55)49(54)61-37-22-36(64-50(25-37)31(5)20-30(4)46(65-50)34-15-11-10-12-16-34)19-18-28(2)45(27)62-42-24-40(57-9)47(33(7)60-42)63-41-23-39(56-8)44(53)32(6)59-41/h13-14,17-18,21,27,30,32-34,36-48,52-53,55H,5,10-12,15-16,19-20,22-26H2,1-4,6-9H3/b14-13-,28-18-,35-17-. The van der Waals surface area contributed by atoms with E-state index < -0.39 is 96.9 Å². The Bertz CT molecular complexity index is 1820. The number of allylic oxidation sites excluding steroid dienone is 2. The Labute approximate surface area is 385 Å². The number of ether oxygens (including phenoxy) is 10. The van der Waals surface area contributed by atoms with Crippen LogP contribution >= 0.6 is 0 Å². The van der Waals surface area contributed by atoms with Crippen molar-refractivity contribution in [1.82, 2.24) is 0 Å². The van der Waals surface area contributed by atoms with Gasteiger partial charge in [0.05, 0.1) is 49.3 Å². The third kappa shape index (κ3) is 9.94. The lowest BCUT2D eigenvalue weighted by molar-refractivity contribution is -0.318. The van der Waals surface area contributed by atoms with Gasteiger partial charge in [0.1, 0.15) is 42.0 Å². The minimum absolute atomic E-state index is 0.0144. The van der Waals surface area contributed by atoms with E-state index in [1.807, 2.05) is 19.1 Å². The van der Waals surface area contributed by atoms with Crippen LogP contribution in [0.4, 0.5) is 0 Å². The number of hydrogen-bond acceptors (Lipinski definition) is 14. The van der Waals surface area contributed by atoms with Gasteiger partial charge in [-0.25, -0.2) is 0 Å².